The number of hydrogen-bond acceptors (Lipinski definition) is 4. The summed E-state index contributed by atoms with van der Waals surface area (Å²) in [6.45, 7) is 4.31. The van der Waals surface area contributed by atoms with Gasteiger partial charge in [0.25, 0.3) is 11.6 Å². The van der Waals surface area contributed by atoms with Gasteiger partial charge in [-0.25, -0.2) is 0 Å². The van der Waals surface area contributed by atoms with Crippen LogP contribution in [0.15, 0.2) is 22.7 Å². The molecule has 0 bridgehead atoms. The lowest BCUT2D eigenvalue weighted by atomic mass is 10.0. The lowest BCUT2D eigenvalue weighted by molar-refractivity contribution is -0.385. The molecule has 20 heavy (non-hydrogen) atoms. The number of carbonyl (C=O) groups excluding carboxylic acids is 1. The number of nitrogens with zero attached hydrogens (tertiary/aromatic N) is 1. The largest absolute Gasteiger partial charge is 0.383 e. The summed E-state index contributed by atoms with van der Waals surface area (Å²) < 4.78 is 5.24. The van der Waals surface area contributed by atoms with Crippen molar-refractivity contribution in [3.05, 3.63) is 38.3 Å². The van der Waals surface area contributed by atoms with Crippen molar-refractivity contribution in [2.75, 3.05) is 13.7 Å². The molecule has 1 aromatic carbocycles. The van der Waals surface area contributed by atoms with Gasteiger partial charge < -0.3 is 10.1 Å². The van der Waals surface area contributed by atoms with E-state index >= 15 is 0 Å². The number of nitrogens with one attached hydrogen (secondary N) is 1. The van der Waals surface area contributed by atoms with Crippen LogP contribution in [-0.2, 0) is 4.74 Å². The summed E-state index contributed by atoms with van der Waals surface area (Å²) >= 11 is 3.11. The molecule has 0 fully saturated rings. The molecule has 0 saturated carbocycles. The predicted molar refractivity (Wildman–Crippen MR) is 78.8 cm³/mol. The van der Waals surface area contributed by atoms with Gasteiger partial charge in [-0.1, -0.05) is 19.9 Å². The van der Waals surface area contributed by atoms with Crippen molar-refractivity contribution < 1.29 is 14.5 Å². The Labute approximate surface area is 125 Å². The Hall–Kier alpha value is -1.47. The summed E-state index contributed by atoms with van der Waals surface area (Å²) in [6, 6.07) is 4.21. The molecule has 0 aliphatic rings. The van der Waals surface area contributed by atoms with Crippen molar-refractivity contribution in [1.82, 2.24) is 5.32 Å². The maximum Gasteiger partial charge on any atom is 0.284 e. The van der Waals surface area contributed by atoms with E-state index in [9.17, 15) is 14.9 Å². The number of amides is 1. The number of rotatable bonds is 6. The highest BCUT2D eigenvalue weighted by molar-refractivity contribution is 9.10. The van der Waals surface area contributed by atoms with E-state index in [1.54, 1.807) is 7.11 Å². The Morgan fingerprint density at radius 2 is 2.15 bits per heavy atom. The summed E-state index contributed by atoms with van der Waals surface area (Å²) in [4.78, 5) is 22.5. The molecule has 1 N–H and O–H groups in total. The van der Waals surface area contributed by atoms with Gasteiger partial charge in [-0.3, -0.25) is 14.9 Å². The number of hydrogen-bond donors (Lipinski definition) is 1. The van der Waals surface area contributed by atoms with Crippen LogP contribution in [0.3, 0.4) is 0 Å². The van der Waals surface area contributed by atoms with Gasteiger partial charge in [0.05, 0.1) is 23.1 Å². The molecular formula is C13H17BrN2O4. The van der Waals surface area contributed by atoms with E-state index in [-0.39, 0.29) is 33.6 Å². The number of methoxy groups -OCH3 is 1. The molecule has 6 nitrogen and oxygen atoms in total. The third-order valence-corrected chi connectivity index (χ3v) is 3.72. The number of ether oxygens (including phenoxy) is 1. The maximum absolute atomic E-state index is 12.2. The van der Waals surface area contributed by atoms with Gasteiger partial charge in [0, 0.05) is 13.2 Å². The van der Waals surface area contributed by atoms with Crippen LogP contribution in [-0.4, -0.2) is 30.6 Å². The van der Waals surface area contributed by atoms with Crippen LogP contribution in [0.4, 0.5) is 5.69 Å². The van der Waals surface area contributed by atoms with Gasteiger partial charge in [0.1, 0.15) is 4.47 Å². The van der Waals surface area contributed by atoms with Crippen LogP contribution in [0.25, 0.3) is 0 Å². The van der Waals surface area contributed by atoms with E-state index in [1.807, 2.05) is 13.8 Å². The number of benzene rings is 1. The normalized spacial score (nSPS) is 12.2. The lowest BCUT2D eigenvalue weighted by Crippen LogP contribution is -2.41. The van der Waals surface area contributed by atoms with Crippen molar-refractivity contribution in [3.8, 4) is 0 Å². The number of nitro groups is 1. The van der Waals surface area contributed by atoms with E-state index in [0.717, 1.165) is 0 Å². The second kappa shape index (κ2) is 7.35. The molecule has 110 valence electrons. The van der Waals surface area contributed by atoms with E-state index in [1.165, 1.54) is 18.2 Å². The van der Waals surface area contributed by atoms with Crippen LogP contribution in [0.2, 0.25) is 0 Å². The molecule has 0 heterocycles. The molecule has 0 aromatic heterocycles. The van der Waals surface area contributed by atoms with Gasteiger partial charge in [0.2, 0.25) is 0 Å². The molecule has 1 rings (SSSR count). The fourth-order valence-corrected chi connectivity index (χ4v) is 2.25. The Kier molecular flexibility index (Phi) is 6.09. The van der Waals surface area contributed by atoms with E-state index in [2.05, 4.69) is 21.2 Å². The summed E-state index contributed by atoms with van der Waals surface area (Å²) in [7, 11) is 1.56. The molecule has 7 heteroatoms. The minimum absolute atomic E-state index is 0.134. The molecule has 0 spiro atoms. The van der Waals surface area contributed by atoms with Crippen LogP contribution < -0.4 is 5.32 Å². The molecule has 0 radical (unpaired) electrons. The van der Waals surface area contributed by atoms with E-state index in [4.69, 9.17) is 4.74 Å². The molecule has 1 atom stereocenters. The molecule has 1 unspecified atom stereocenters. The van der Waals surface area contributed by atoms with Gasteiger partial charge in [-0.05, 0) is 27.9 Å². The standard InChI is InChI=1S/C13H17BrN2O4/c1-8(2)10(7-20-3)15-13(17)9-5-4-6-11(12(9)14)16(18)19/h4-6,8,10H,7H2,1-3H3,(H,15,17). The Balaban J connectivity index is 2.98. The number of carbonyl (C=O) groups is 1. The zero-order valence-electron chi connectivity index (χ0n) is 11.6. The Morgan fingerprint density at radius 3 is 2.65 bits per heavy atom. The Morgan fingerprint density at radius 1 is 1.50 bits per heavy atom. The minimum Gasteiger partial charge on any atom is -0.383 e. The summed E-state index contributed by atoms with van der Waals surface area (Å²) in [6.07, 6.45) is 0. The highest BCUT2D eigenvalue weighted by atomic mass is 79.9. The van der Waals surface area contributed by atoms with Gasteiger partial charge >= 0.3 is 0 Å². The minimum atomic E-state index is -0.532. The second-order valence-electron chi connectivity index (χ2n) is 4.68. The molecular weight excluding hydrogens is 328 g/mol. The van der Waals surface area contributed by atoms with Crippen LogP contribution in [0, 0.1) is 16.0 Å². The molecule has 0 aliphatic carbocycles. The zero-order valence-corrected chi connectivity index (χ0v) is 13.1. The fourth-order valence-electron chi connectivity index (χ4n) is 1.66. The second-order valence-corrected chi connectivity index (χ2v) is 5.47. The monoisotopic (exact) mass is 344 g/mol. The van der Waals surface area contributed by atoms with Crippen molar-refractivity contribution in [3.63, 3.8) is 0 Å². The highest BCUT2D eigenvalue weighted by Gasteiger charge is 2.22. The zero-order chi connectivity index (χ0) is 15.3. The fraction of sp³-hybridized carbons (Fsp3) is 0.462. The average molecular weight is 345 g/mol. The predicted octanol–water partition coefficient (Wildman–Crippen LogP) is 2.76. The third kappa shape index (κ3) is 4.01. The van der Waals surface area contributed by atoms with E-state index in [0.29, 0.717) is 6.61 Å². The molecule has 0 aliphatic heterocycles. The van der Waals surface area contributed by atoms with Crippen molar-refractivity contribution in [2.45, 2.75) is 19.9 Å². The Bertz CT molecular complexity index is 505. The maximum atomic E-state index is 12.2. The van der Waals surface area contributed by atoms with Gasteiger partial charge in [0.15, 0.2) is 0 Å². The van der Waals surface area contributed by atoms with Crippen molar-refractivity contribution in [1.29, 1.82) is 0 Å². The number of halogens is 1. The van der Waals surface area contributed by atoms with Crippen LogP contribution in [0.5, 0.6) is 0 Å². The first-order valence-corrected chi connectivity index (χ1v) is 6.90. The van der Waals surface area contributed by atoms with Gasteiger partial charge in [-0.15, -0.1) is 0 Å². The highest BCUT2D eigenvalue weighted by Crippen LogP contribution is 2.28. The molecule has 1 aromatic rings. The summed E-state index contributed by atoms with van der Waals surface area (Å²) in [5, 5.41) is 13.7. The van der Waals surface area contributed by atoms with Crippen LogP contribution >= 0.6 is 15.9 Å². The van der Waals surface area contributed by atoms with Crippen LogP contribution in [0.1, 0.15) is 24.2 Å². The van der Waals surface area contributed by atoms with Crippen molar-refractivity contribution >= 4 is 27.5 Å². The quantitative estimate of drug-likeness (QED) is 0.635. The first kappa shape index (κ1) is 16.6. The first-order valence-electron chi connectivity index (χ1n) is 6.11. The SMILES string of the molecule is COCC(NC(=O)c1cccc([N+](=O)[O-])c1Br)C(C)C. The smallest absolute Gasteiger partial charge is 0.284 e. The van der Waals surface area contributed by atoms with Crippen molar-refractivity contribution in [2.24, 2.45) is 5.92 Å². The summed E-state index contributed by atoms with van der Waals surface area (Å²) in [5.41, 5.74) is 0.103. The lowest BCUT2D eigenvalue weighted by Gasteiger charge is -2.21. The third-order valence-electron chi connectivity index (χ3n) is 2.89. The molecule has 1 amide bonds. The number of nitro benzene ring substituents is 1. The topological polar surface area (TPSA) is 81.5 Å². The van der Waals surface area contributed by atoms with E-state index < -0.39 is 4.92 Å². The van der Waals surface area contributed by atoms with Gasteiger partial charge in [-0.2, -0.15) is 0 Å². The molecule has 0 saturated heterocycles. The average Bonchev–Trinajstić information content (AvgIpc) is 2.37. The first-order chi connectivity index (χ1) is 9.38. The summed E-state index contributed by atoms with van der Waals surface area (Å²) in [5.74, 6) is -0.173.